The number of piperazine rings is 1. The lowest BCUT2D eigenvalue weighted by Crippen LogP contribution is -2.70. The summed E-state index contributed by atoms with van der Waals surface area (Å²) in [5.41, 5.74) is -0.808. The second-order valence-electron chi connectivity index (χ2n) is 9.36. The third-order valence-corrected chi connectivity index (χ3v) is 6.52. The van der Waals surface area contributed by atoms with Crippen LogP contribution in [0, 0.1) is 0 Å². The van der Waals surface area contributed by atoms with Crippen LogP contribution in [0.1, 0.15) is 37.6 Å². The van der Waals surface area contributed by atoms with E-state index in [2.05, 4.69) is 14.7 Å². The largest absolute Gasteiger partial charge is 0.573 e. The highest BCUT2D eigenvalue weighted by molar-refractivity contribution is 7.13. The molecule has 3 fully saturated rings. The Morgan fingerprint density at radius 1 is 1.26 bits per heavy atom. The number of piperidine rings is 1. The van der Waals surface area contributed by atoms with Crippen LogP contribution in [-0.4, -0.2) is 64.4 Å². The molecule has 6 rings (SSSR count). The van der Waals surface area contributed by atoms with Crippen molar-refractivity contribution >= 4 is 40.8 Å². The number of carbonyl (C=O) groups is 2. The molecule has 13 heteroatoms. The van der Waals surface area contributed by atoms with E-state index in [0.717, 1.165) is 6.42 Å². The van der Waals surface area contributed by atoms with Crippen LogP contribution < -0.4 is 9.64 Å². The smallest absolute Gasteiger partial charge is 0.444 e. The molecular weight excluding hydrogens is 489 g/mol. The monoisotopic (exact) mass is 510 g/mol. The van der Waals surface area contributed by atoms with E-state index in [0.29, 0.717) is 23.7 Å². The zero-order valence-electron chi connectivity index (χ0n) is 19.0. The average Bonchev–Trinajstić information content (AvgIpc) is 3.42. The Morgan fingerprint density at radius 3 is 2.54 bits per heavy atom. The maximum Gasteiger partial charge on any atom is 0.573 e. The molecule has 3 aliphatic rings. The fourth-order valence-electron chi connectivity index (χ4n) is 4.41. The summed E-state index contributed by atoms with van der Waals surface area (Å²) < 4.78 is 55.0. The molecule has 0 saturated carbocycles. The van der Waals surface area contributed by atoms with E-state index in [1.807, 2.05) is 0 Å². The standard InChI is InChI=1S/C22H21F3N4O5S/c1-21(2,3)34-20(31)29-12-7-13(29)9-28(8-12)19-27-15-16(33-22(23,24)25)11(10-30)6-14(17(15)32-19)18-26-4-5-35-18/h4-6,10,12-13H,7-9H2,1-3H3. The van der Waals surface area contributed by atoms with Crippen molar-refractivity contribution in [2.45, 2.75) is 51.2 Å². The quantitative estimate of drug-likeness (QED) is 0.459. The van der Waals surface area contributed by atoms with Crippen molar-refractivity contribution < 1.29 is 36.7 Å². The van der Waals surface area contributed by atoms with Gasteiger partial charge >= 0.3 is 12.5 Å². The topological polar surface area (TPSA) is 98.0 Å². The van der Waals surface area contributed by atoms with Gasteiger partial charge in [-0.05, 0) is 33.3 Å². The molecule has 2 atom stereocenters. The van der Waals surface area contributed by atoms with Crippen LogP contribution in [-0.2, 0) is 4.74 Å². The summed E-state index contributed by atoms with van der Waals surface area (Å²) in [5, 5.41) is 2.15. The molecule has 3 aliphatic heterocycles. The molecule has 2 aromatic heterocycles. The van der Waals surface area contributed by atoms with Gasteiger partial charge in [0.15, 0.2) is 23.1 Å². The molecule has 5 heterocycles. The van der Waals surface area contributed by atoms with Crippen molar-refractivity contribution in [2.24, 2.45) is 0 Å². The molecule has 3 saturated heterocycles. The lowest BCUT2D eigenvalue weighted by Gasteiger charge is -2.55. The number of fused-ring (bicyclic) bond motifs is 3. The first-order chi connectivity index (χ1) is 16.4. The Hall–Kier alpha value is -3.35. The Balaban J connectivity index is 1.51. The fourth-order valence-corrected chi connectivity index (χ4v) is 5.06. The minimum atomic E-state index is -5.03. The first-order valence-electron chi connectivity index (χ1n) is 10.8. The summed E-state index contributed by atoms with van der Waals surface area (Å²) in [4.78, 5) is 36.1. The van der Waals surface area contributed by atoms with Gasteiger partial charge in [0.05, 0.1) is 23.2 Å². The molecule has 0 radical (unpaired) electrons. The van der Waals surface area contributed by atoms with Crippen LogP contribution in [0.2, 0.25) is 0 Å². The van der Waals surface area contributed by atoms with Crippen LogP contribution in [0.3, 0.4) is 0 Å². The van der Waals surface area contributed by atoms with Crippen molar-refractivity contribution in [1.82, 2.24) is 14.9 Å². The molecule has 3 aromatic rings. The first-order valence-corrected chi connectivity index (χ1v) is 11.7. The predicted octanol–water partition coefficient (Wildman–Crippen LogP) is 4.86. The van der Waals surface area contributed by atoms with Gasteiger partial charge in [-0.15, -0.1) is 24.5 Å². The van der Waals surface area contributed by atoms with Crippen molar-refractivity contribution in [2.75, 3.05) is 18.0 Å². The summed E-state index contributed by atoms with van der Waals surface area (Å²) >= 11 is 1.24. The summed E-state index contributed by atoms with van der Waals surface area (Å²) in [5.74, 6) is -0.727. The molecule has 9 nitrogen and oxygen atoms in total. The second kappa shape index (κ2) is 8.11. The highest BCUT2D eigenvalue weighted by Gasteiger charge is 2.50. The number of thiazole rings is 1. The van der Waals surface area contributed by atoms with Gasteiger partial charge < -0.3 is 18.8 Å². The minimum Gasteiger partial charge on any atom is -0.444 e. The van der Waals surface area contributed by atoms with Gasteiger partial charge in [-0.2, -0.15) is 4.98 Å². The van der Waals surface area contributed by atoms with E-state index in [-0.39, 0.29) is 41.0 Å². The van der Waals surface area contributed by atoms with Crippen molar-refractivity contribution in [3.63, 3.8) is 0 Å². The number of amides is 1. The van der Waals surface area contributed by atoms with Crippen LogP contribution in [0.25, 0.3) is 21.7 Å². The van der Waals surface area contributed by atoms with Crippen LogP contribution in [0.15, 0.2) is 22.1 Å². The fraction of sp³-hybridized carbons (Fsp3) is 0.455. The number of carbonyl (C=O) groups excluding carboxylic acids is 2. The number of alkyl halides is 3. The van der Waals surface area contributed by atoms with Gasteiger partial charge in [0.1, 0.15) is 10.6 Å². The summed E-state index contributed by atoms with van der Waals surface area (Å²) in [6.45, 7) is 6.11. The number of anilines is 1. The summed E-state index contributed by atoms with van der Waals surface area (Å²) in [6, 6.07) is 1.04. The number of rotatable bonds is 4. The van der Waals surface area contributed by atoms with Gasteiger partial charge in [-0.1, -0.05) is 0 Å². The predicted molar refractivity (Wildman–Crippen MR) is 120 cm³/mol. The Labute approximate surface area is 201 Å². The molecule has 35 heavy (non-hydrogen) atoms. The van der Waals surface area contributed by atoms with E-state index in [4.69, 9.17) is 9.15 Å². The highest BCUT2D eigenvalue weighted by Crippen LogP contribution is 2.43. The molecule has 1 amide bonds. The van der Waals surface area contributed by atoms with Gasteiger partial charge in [0.2, 0.25) is 0 Å². The van der Waals surface area contributed by atoms with E-state index < -0.39 is 23.8 Å². The SMILES string of the molecule is CC(C)(C)OC(=O)N1C2CC1CN(c1nc3c(OC(F)(F)F)c(C=O)cc(-c4nccs4)c3o1)C2. The van der Waals surface area contributed by atoms with Gasteiger partial charge in [0.25, 0.3) is 6.01 Å². The zero-order chi connectivity index (χ0) is 25.1. The average molecular weight is 510 g/mol. The Bertz CT molecular complexity index is 1270. The number of oxazole rings is 1. The first kappa shape index (κ1) is 23.4. The molecule has 0 spiro atoms. The van der Waals surface area contributed by atoms with Crippen molar-refractivity contribution in [3.8, 4) is 16.3 Å². The molecule has 186 valence electrons. The lowest BCUT2D eigenvalue weighted by molar-refractivity contribution is -0.274. The molecule has 0 aliphatic carbocycles. The number of aldehydes is 1. The number of nitrogens with zero attached hydrogens (tertiary/aromatic N) is 4. The van der Waals surface area contributed by atoms with Gasteiger partial charge in [-0.25, -0.2) is 9.78 Å². The Kier molecular flexibility index (Phi) is 5.42. The molecule has 1 aromatic carbocycles. The maximum absolute atomic E-state index is 13.1. The molecule has 2 unspecified atom stereocenters. The van der Waals surface area contributed by atoms with E-state index in [9.17, 15) is 22.8 Å². The molecule has 0 N–H and O–H groups in total. The summed E-state index contributed by atoms with van der Waals surface area (Å²) in [6.07, 6.45) is -2.85. The number of hydrogen-bond acceptors (Lipinski definition) is 9. The van der Waals surface area contributed by atoms with Gasteiger partial charge in [-0.3, -0.25) is 9.69 Å². The molecular formula is C22H21F3N4O5S. The van der Waals surface area contributed by atoms with E-state index >= 15 is 0 Å². The van der Waals surface area contributed by atoms with Crippen molar-refractivity contribution in [3.05, 3.63) is 23.2 Å². The Morgan fingerprint density at radius 2 is 1.97 bits per heavy atom. The van der Waals surface area contributed by atoms with Gasteiger partial charge in [0, 0.05) is 24.7 Å². The van der Waals surface area contributed by atoms with E-state index in [1.54, 1.807) is 36.0 Å². The number of benzene rings is 1. The normalized spacial score (nSPS) is 20.1. The minimum absolute atomic E-state index is 0.0306. The zero-order valence-corrected chi connectivity index (χ0v) is 19.8. The second-order valence-corrected chi connectivity index (χ2v) is 10.3. The number of aromatic nitrogens is 2. The van der Waals surface area contributed by atoms with Crippen LogP contribution in [0.4, 0.5) is 24.0 Å². The van der Waals surface area contributed by atoms with Crippen LogP contribution in [0.5, 0.6) is 5.75 Å². The third-order valence-electron chi connectivity index (χ3n) is 5.71. The maximum atomic E-state index is 13.1. The highest BCUT2D eigenvalue weighted by atomic mass is 32.1. The van der Waals surface area contributed by atoms with Crippen molar-refractivity contribution in [1.29, 1.82) is 0 Å². The number of ether oxygens (including phenoxy) is 2. The van der Waals surface area contributed by atoms with E-state index in [1.165, 1.54) is 23.6 Å². The molecule has 2 bridgehead atoms. The van der Waals surface area contributed by atoms with Crippen LogP contribution >= 0.6 is 11.3 Å². The number of hydrogen-bond donors (Lipinski definition) is 0. The lowest BCUT2D eigenvalue weighted by atomic mass is 9.88. The third kappa shape index (κ3) is 4.40. The summed E-state index contributed by atoms with van der Waals surface area (Å²) in [7, 11) is 0. The number of halogens is 3.